The van der Waals surface area contributed by atoms with E-state index in [1.807, 2.05) is 6.07 Å². The first-order chi connectivity index (χ1) is 10.3. The van der Waals surface area contributed by atoms with Crippen LogP contribution in [0.4, 0.5) is 0 Å². The average molecular weight is 306 g/mol. The van der Waals surface area contributed by atoms with Crippen molar-refractivity contribution in [1.29, 1.82) is 0 Å². The molecule has 116 valence electrons. The van der Waals surface area contributed by atoms with E-state index in [4.69, 9.17) is 0 Å². The molecule has 1 heterocycles. The number of nitrogens with one attached hydrogen (secondary N) is 1. The molecule has 21 heavy (non-hydrogen) atoms. The maximum absolute atomic E-state index is 12.6. The first-order valence-electron chi connectivity index (χ1n) is 7.85. The van der Waals surface area contributed by atoms with E-state index in [0.29, 0.717) is 5.91 Å². The van der Waals surface area contributed by atoms with Crippen LogP contribution >= 0.6 is 11.8 Å². The molecule has 1 aliphatic heterocycles. The molecule has 1 aromatic carbocycles. The van der Waals surface area contributed by atoms with Gasteiger partial charge in [0.15, 0.2) is 0 Å². The smallest absolute Gasteiger partial charge is 0.241 e. The van der Waals surface area contributed by atoms with Crippen molar-refractivity contribution in [3.05, 3.63) is 35.9 Å². The molecule has 2 atom stereocenters. The van der Waals surface area contributed by atoms with Gasteiger partial charge in [-0.2, -0.15) is 11.8 Å². The number of rotatable bonds is 8. The standard InChI is InChI=1S/C17H26N2OS/c1-3-7-16-18-15(17(20)19(16)12-13-21-2)11-10-14-8-5-4-6-9-14/h4-6,8-9,15-16,18H,3,7,10-13H2,1-2H3. The SMILES string of the molecule is CCCC1NC(CCc2ccccc2)C(=O)N1CCSC. The fraction of sp³-hybridized carbons (Fsp3) is 0.588. The number of hydrogen-bond donors (Lipinski definition) is 1. The number of carbonyl (C=O) groups is 1. The summed E-state index contributed by atoms with van der Waals surface area (Å²) in [6.45, 7) is 3.04. The minimum atomic E-state index is -0.0105. The number of hydrogen-bond acceptors (Lipinski definition) is 3. The van der Waals surface area contributed by atoms with Crippen molar-refractivity contribution in [2.24, 2.45) is 0 Å². The summed E-state index contributed by atoms with van der Waals surface area (Å²) < 4.78 is 0. The molecule has 0 bridgehead atoms. The van der Waals surface area contributed by atoms with Crippen molar-refractivity contribution >= 4 is 17.7 Å². The van der Waals surface area contributed by atoms with Crippen LogP contribution in [0.1, 0.15) is 31.7 Å². The summed E-state index contributed by atoms with van der Waals surface area (Å²) in [5.41, 5.74) is 1.31. The second-order valence-corrected chi connectivity index (χ2v) is 6.56. The fourth-order valence-corrected chi connectivity index (χ4v) is 3.26. The highest BCUT2D eigenvalue weighted by Gasteiger charge is 2.37. The van der Waals surface area contributed by atoms with Gasteiger partial charge in [0.25, 0.3) is 0 Å². The molecule has 0 radical (unpaired) electrons. The van der Waals surface area contributed by atoms with Gasteiger partial charge in [-0.1, -0.05) is 43.7 Å². The van der Waals surface area contributed by atoms with Gasteiger partial charge in [0.05, 0.1) is 12.2 Å². The highest BCUT2D eigenvalue weighted by molar-refractivity contribution is 7.98. The fourth-order valence-electron chi connectivity index (χ4n) is 2.88. The van der Waals surface area contributed by atoms with Crippen LogP contribution in [0.5, 0.6) is 0 Å². The first-order valence-corrected chi connectivity index (χ1v) is 9.25. The van der Waals surface area contributed by atoms with Crippen molar-refractivity contribution in [1.82, 2.24) is 10.2 Å². The summed E-state index contributed by atoms with van der Waals surface area (Å²) in [5, 5.41) is 3.54. The largest absolute Gasteiger partial charge is 0.325 e. The maximum Gasteiger partial charge on any atom is 0.241 e. The molecule has 0 spiro atoms. The Hall–Kier alpha value is -1.00. The lowest BCUT2D eigenvalue weighted by atomic mass is 10.1. The van der Waals surface area contributed by atoms with Gasteiger partial charge in [-0.3, -0.25) is 10.1 Å². The highest BCUT2D eigenvalue weighted by Crippen LogP contribution is 2.19. The molecule has 4 heteroatoms. The van der Waals surface area contributed by atoms with Crippen LogP contribution < -0.4 is 5.32 Å². The van der Waals surface area contributed by atoms with Crippen LogP contribution in [-0.4, -0.2) is 41.6 Å². The van der Waals surface area contributed by atoms with Crippen molar-refractivity contribution in [2.45, 2.75) is 44.8 Å². The minimum Gasteiger partial charge on any atom is -0.325 e. The van der Waals surface area contributed by atoms with Gasteiger partial charge in [-0.25, -0.2) is 0 Å². The summed E-state index contributed by atoms with van der Waals surface area (Å²) in [6, 6.07) is 10.4. The Morgan fingerprint density at radius 2 is 2.00 bits per heavy atom. The van der Waals surface area contributed by atoms with Gasteiger partial charge in [0, 0.05) is 12.3 Å². The van der Waals surface area contributed by atoms with E-state index < -0.39 is 0 Å². The summed E-state index contributed by atoms with van der Waals surface area (Å²) >= 11 is 1.80. The second-order valence-electron chi connectivity index (χ2n) is 5.57. The van der Waals surface area contributed by atoms with Gasteiger partial charge >= 0.3 is 0 Å². The normalized spacial score (nSPS) is 22.0. The predicted octanol–water partition coefficient (Wildman–Crippen LogP) is 2.91. The van der Waals surface area contributed by atoms with E-state index in [1.165, 1.54) is 5.56 Å². The van der Waals surface area contributed by atoms with E-state index in [0.717, 1.165) is 38.0 Å². The lowest BCUT2D eigenvalue weighted by molar-refractivity contribution is -0.129. The summed E-state index contributed by atoms with van der Waals surface area (Å²) in [4.78, 5) is 14.6. The second kappa shape index (κ2) is 8.44. The molecule has 1 amide bonds. The zero-order valence-electron chi connectivity index (χ0n) is 13.0. The van der Waals surface area contributed by atoms with Gasteiger partial charge in [-0.05, 0) is 31.1 Å². The van der Waals surface area contributed by atoms with Crippen LogP contribution in [0.2, 0.25) is 0 Å². The molecule has 2 unspecified atom stereocenters. The zero-order valence-corrected chi connectivity index (χ0v) is 13.9. The quantitative estimate of drug-likeness (QED) is 0.801. The van der Waals surface area contributed by atoms with Crippen LogP contribution in [-0.2, 0) is 11.2 Å². The Balaban J connectivity index is 1.92. The summed E-state index contributed by atoms with van der Waals surface area (Å²) in [6.07, 6.45) is 6.32. The molecule has 1 saturated heterocycles. The van der Waals surface area contributed by atoms with E-state index >= 15 is 0 Å². The summed E-state index contributed by atoms with van der Waals surface area (Å²) in [7, 11) is 0. The van der Waals surface area contributed by atoms with E-state index in [9.17, 15) is 4.79 Å². The van der Waals surface area contributed by atoms with Crippen LogP contribution in [0.3, 0.4) is 0 Å². The number of aryl methyl sites for hydroxylation is 1. The Kier molecular flexibility index (Phi) is 6.58. The number of benzene rings is 1. The van der Waals surface area contributed by atoms with Gasteiger partial charge < -0.3 is 4.90 Å². The number of nitrogens with zero attached hydrogens (tertiary/aromatic N) is 1. The third-order valence-corrected chi connectivity index (χ3v) is 4.60. The average Bonchev–Trinajstić information content (AvgIpc) is 2.80. The molecular formula is C17H26N2OS. The minimum absolute atomic E-state index is 0.0105. The maximum atomic E-state index is 12.6. The van der Waals surface area contributed by atoms with Gasteiger partial charge in [0.2, 0.25) is 5.91 Å². The Morgan fingerprint density at radius 1 is 1.24 bits per heavy atom. The molecule has 1 N–H and O–H groups in total. The third kappa shape index (κ3) is 4.48. The molecule has 1 aliphatic rings. The lowest BCUT2D eigenvalue weighted by Crippen LogP contribution is -2.38. The molecule has 0 aromatic heterocycles. The van der Waals surface area contributed by atoms with Crippen LogP contribution in [0.15, 0.2) is 30.3 Å². The van der Waals surface area contributed by atoms with E-state index in [2.05, 4.69) is 47.7 Å². The van der Waals surface area contributed by atoms with Crippen molar-refractivity contribution in [3.63, 3.8) is 0 Å². The van der Waals surface area contributed by atoms with Crippen molar-refractivity contribution < 1.29 is 4.79 Å². The zero-order chi connectivity index (χ0) is 15.1. The highest BCUT2D eigenvalue weighted by atomic mass is 32.2. The lowest BCUT2D eigenvalue weighted by Gasteiger charge is -2.23. The van der Waals surface area contributed by atoms with Crippen molar-refractivity contribution in [2.75, 3.05) is 18.6 Å². The molecule has 2 rings (SSSR count). The third-order valence-electron chi connectivity index (χ3n) is 4.01. The number of amides is 1. The van der Waals surface area contributed by atoms with Crippen molar-refractivity contribution in [3.8, 4) is 0 Å². The summed E-state index contributed by atoms with van der Waals surface area (Å²) in [5.74, 6) is 1.30. The van der Waals surface area contributed by atoms with E-state index in [-0.39, 0.29) is 12.2 Å². The number of thioether (sulfide) groups is 1. The van der Waals surface area contributed by atoms with Crippen LogP contribution in [0, 0.1) is 0 Å². The monoisotopic (exact) mass is 306 g/mol. The number of carbonyl (C=O) groups excluding carboxylic acids is 1. The van der Waals surface area contributed by atoms with E-state index in [1.54, 1.807) is 11.8 Å². The Labute approximate surface area is 132 Å². The molecule has 1 aromatic rings. The van der Waals surface area contributed by atoms with Gasteiger partial charge in [0.1, 0.15) is 0 Å². The Morgan fingerprint density at radius 3 is 2.67 bits per heavy atom. The molecule has 3 nitrogen and oxygen atoms in total. The Bertz CT molecular complexity index is 438. The van der Waals surface area contributed by atoms with Gasteiger partial charge in [-0.15, -0.1) is 0 Å². The molecule has 0 saturated carbocycles. The topological polar surface area (TPSA) is 32.3 Å². The first kappa shape index (κ1) is 16.4. The molecule has 1 fully saturated rings. The molecule has 0 aliphatic carbocycles. The predicted molar refractivity (Wildman–Crippen MR) is 90.5 cm³/mol. The van der Waals surface area contributed by atoms with Crippen LogP contribution in [0.25, 0.3) is 0 Å². The molecular weight excluding hydrogens is 280 g/mol.